The van der Waals surface area contributed by atoms with Crippen molar-refractivity contribution in [3.63, 3.8) is 0 Å². The number of rotatable bonds is 5. The van der Waals surface area contributed by atoms with Crippen molar-refractivity contribution in [2.45, 2.75) is 24.7 Å². The summed E-state index contributed by atoms with van der Waals surface area (Å²) >= 11 is 1.84. The molecule has 1 heterocycles. The molecule has 7 heteroatoms. The maximum absolute atomic E-state index is 11.3. The molecule has 1 aliphatic rings. The highest BCUT2D eigenvalue weighted by molar-refractivity contribution is 8.13. The molecule has 0 aromatic heterocycles. The first-order valence-electron chi connectivity index (χ1n) is 6.32. The molecule has 2 rings (SSSR count). The molecule has 1 fully saturated rings. The van der Waals surface area contributed by atoms with Gasteiger partial charge >= 0.3 is 0 Å². The van der Waals surface area contributed by atoms with Crippen LogP contribution in [-0.2, 0) is 14.8 Å². The van der Waals surface area contributed by atoms with Gasteiger partial charge in [-0.15, -0.1) is 0 Å². The van der Waals surface area contributed by atoms with Gasteiger partial charge in [-0.2, -0.15) is 11.8 Å². The highest BCUT2D eigenvalue weighted by Gasteiger charge is 2.21. The van der Waals surface area contributed by atoms with E-state index in [1.165, 1.54) is 7.11 Å². The van der Waals surface area contributed by atoms with Gasteiger partial charge in [0.15, 0.2) is 11.5 Å². The molecule has 0 bridgehead atoms. The lowest BCUT2D eigenvalue weighted by atomic mass is 10.2. The monoisotopic (exact) mass is 336 g/mol. The first kappa shape index (κ1) is 15.8. The summed E-state index contributed by atoms with van der Waals surface area (Å²) in [5.41, 5.74) is 0.537. The maximum atomic E-state index is 11.3. The Kier molecular flexibility index (Phi) is 5.46. The number of ether oxygens (including phenoxy) is 2. The maximum Gasteiger partial charge on any atom is 0.236 e. The second-order valence-corrected chi connectivity index (χ2v) is 8.52. The minimum atomic E-state index is -3.63. The van der Waals surface area contributed by atoms with E-state index in [1.807, 2.05) is 11.8 Å². The molecule has 1 unspecified atom stereocenters. The van der Waals surface area contributed by atoms with Gasteiger partial charge in [0.25, 0.3) is 0 Å². The predicted molar refractivity (Wildman–Crippen MR) is 82.4 cm³/mol. The number of benzene rings is 1. The molecule has 0 spiro atoms. The van der Waals surface area contributed by atoms with Gasteiger partial charge in [-0.25, -0.2) is 8.42 Å². The number of para-hydroxylation sites is 1. The molecule has 1 saturated heterocycles. The van der Waals surface area contributed by atoms with Crippen LogP contribution in [0.25, 0.3) is 0 Å². The van der Waals surface area contributed by atoms with Crippen molar-refractivity contribution in [3.05, 3.63) is 23.8 Å². The first-order valence-corrected chi connectivity index (χ1v) is 9.95. The van der Waals surface area contributed by atoms with Crippen LogP contribution in [0.4, 0.5) is 0 Å². The summed E-state index contributed by atoms with van der Waals surface area (Å²) < 4.78 is 33.9. The molecule has 112 valence electrons. The summed E-state index contributed by atoms with van der Waals surface area (Å²) in [6, 6.07) is 5.20. The molecule has 4 nitrogen and oxygen atoms in total. The largest absolute Gasteiger partial charge is 0.493 e. The summed E-state index contributed by atoms with van der Waals surface area (Å²) in [5.74, 6) is 2.82. The molecule has 0 amide bonds. The Hall–Kier alpha value is -0.590. The third-order valence-corrected chi connectivity index (χ3v) is 5.18. The fraction of sp³-hybridized carbons (Fsp3) is 0.538. The Bertz CT molecular complexity index is 553. The number of halogens is 1. The summed E-state index contributed by atoms with van der Waals surface area (Å²) in [4.78, 5) is 0. The minimum absolute atomic E-state index is 0.0850. The van der Waals surface area contributed by atoms with Gasteiger partial charge < -0.3 is 9.47 Å². The molecule has 0 aliphatic carbocycles. The fourth-order valence-corrected chi connectivity index (χ4v) is 4.11. The zero-order valence-corrected chi connectivity index (χ0v) is 13.6. The second-order valence-electron chi connectivity index (χ2n) is 4.59. The standard InChI is InChI=1S/C13H17ClO4S2/c1-17-12-6-2-4-10(9-20(14,15)16)13(12)18-11-5-3-7-19-8-11/h2,4,6,11H,3,5,7-9H2,1H3. The normalized spacial score (nSPS) is 19.6. The summed E-state index contributed by atoms with van der Waals surface area (Å²) in [6.07, 6.45) is 2.16. The molecule has 0 radical (unpaired) electrons. The third kappa shape index (κ3) is 4.46. The molecule has 0 N–H and O–H groups in total. The molecule has 1 atom stereocenters. The van der Waals surface area contributed by atoms with Crippen molar-refractivity contribution in [3.8, 4) is 11.5 Å². The number of hydrogen-bond donors (Lipinski definition) is 0. The second kappa shape index (κ2) is 6.91. The lowest BCUT2D eigenvalue weighted by Gasteiger charge is -2.25. The molecular formula is C13H17ClO4S2. The zero-order chi connectivity index (χ0) is 14.6. The number of methoxy groups -OCH3 is 1. The first-order chi connectivity index (χ1) is 9.49. The molecule has 1 aromatic rings. The smallest absolute Gasteiger partial charge is 0.236 e. The summed E-state index contributed by atoms with van der Waals surface area (Å²) in [5, 5.41) is 0. The van der Waals surface area contributed by atoms with Crippen molar-refractivity contribution < 1.29 is 17.9 Å². The van der Waals surface area contributed by atoms with Crippen LogP contribution < -0.4 is 9.47 Å². The average molecular weight is 337 g/mol. The van der Waals surface area contributed by atoms with E-state index in [4.69, 9.17) is 20.2 Å². The topological polar surface area (TPSA) is 52.6 Å². The predicted octanol–water partition coefficient (Wildman–Crippen LogP) is 3.04. The van der Waals surface area contributed by atoms with Crippen molar-refractivity contribution in [2.75, 3.05) is 18.6 Å². The van der Waals surface area contributed by atoms with Crippen molar-refractivity contribution in [1.82, 2.24) is 0 Å². The minimum Gasteiger partial charge on any atom is -0.493 e. The van der Waals surface area contributed by atoms with E-state index in [0.29, 0.717) is 17.1 Å². The number of hydrogen-bond acceptors (Lipinski definition) is 5. The van der Waals surface area contributed by atoms with Crippen LogP contribution in [0.2, 0.25) is 0 Å². The molecule has 0 saturated carbocycles. The van der Waals surface area contributed by atoms with E-state index in [1.54, 1.807) is 18.2 Å². The van der Waals surface area contributed by atoms with E-state index < -0.39 is 9.05 Å². The highest BCUT2D eigenvalue weighted by Crippen LogP contribution is 2.35. The lowest BCUT2D eigenvalue weighted by Crippen LogP contribution is -2.24. The van der Waals surface area contributed by atoms with Crippen LogP contribution >= 0.6 is 22.4 Å². The van der Waals surface area contributed by atoms with E-state index >= 15 is 0 Å². The van der Waals surface area contributed by atoms with Crippen LogP contribution in [0.5, 0.6) is 11.5 Å². The van der Waals surface area contributed by atoms with Gasteiger partial charge in [0.05, 0.1) is 12.9 Å². The van der Waals surface area contributed by atoms with Gasteiger partial charge in [-0.3, -0.25) is 0 Å². The molecular weight excluding hydrogens is 320 g/mol. The highest BCUT2D eigenvalue weighted by atomic mass is 35.7. The molecule has 1 aliphatic heterocycles. The number of thioether (sulfide) groups is 1. The van der Waals surface area contributed by atoms with Crippen molar-refractivity contribution in [1.29, 1.82) is 0 Å². The molecule has 20 heavy (non-hydrogen) atoms. The van der Waals surface area contributed by atoms with Crippen LogP contribution in [0.1, 0.15) is 18.4 Å². The SMILES string of the molecule is COc1cccc(CS(=O)(=O)Cl)c1OC1CCCSC1. The zero-order valence-electron chi connectivity index (χ0n) is 11.2. The van der Waals surface area contributed by atoms with Crippen LogP contribution in [0.3, 0.4) is 0 Å². The fourth-order valence-electron chi connectivity index (χ4n) is 2.13. The van der Waals surface area contributed by atoms with Crippen LogP contribution in [0.15, 0.2) is 18.2 Å². The Labute approximate surface area is 128 Å². The van der Waals surface area contributed by atoms with E-state index in [9.17, 15) is 8.42 Å². The van der Waals surface area contributed by atoms with E-state index in [0.717, 1.165) is 24.3 Å². The van der Waals surface area contributed by atoms with Gasteiger partial charge in [-0.05, 0) is 24.7 Å². The molecule has 1 aromatic carbocycles. The van der Waals surface area contributed by atoms with Crippen molar-refractivity contribution in [2.24, 2.45) is 0 Å². The Morgan fingerprint density at radius 3 is 2.85 bits per heavy atom. The quantitative estimate of drug-likeness (QED) is 0.773. The Morgan fingerprint density at radius 2 is 2.25 bits per heavy atom. The third-order valence-electron chi connectivity index (χ3n) is 3.01. The lowest BCUT2D eigenvalue weighted by molar-refractivity contribution is 0.200. The summed E-state index contributed by atoms with van der Waals surface area (Å²) in [7, 11) is 3.25. The van der Waals surface area contributed by atoms with Crippen LogP contribution in [0, 0.1) is 0 Å². The van der Waals surface area contributed by atoms with Crippen LogP contribution in [-0.4, -0.2) is 33.1 Å². The van der Waals surface area contributed by atoms with E-state index in [-0.39, 0.29) is 11.9 Å². The van der Waals surface area contributed by atoms with Gasteiger partial charge in [0.1, 0.15) is 6.10 Å². The van der Waals surface area contributed by atoms with E-state index in [2.05, 4.69) is 0 Å². The van der Waals surface area contributed by atoms with Gasteiger partial charge in [0, 0.05) is 22.0 Å². The Morgan fingerprint density at radius 1 is 1.45 bits per heavy atom. The van der Waals surface area contributed by atoms with Gasteiger partial charge in [-0.1, -0.05) is 12.1 Å². The average Bonchev–Trinajstić information content (AvgIpc) is 2.40. The van der Waals surface area contributed by atoms with Crippen molar-refractivity contribution >= 4 is 31.5 Å². The van der Waals surface area contributed by atoms with Gasteiger partial charge in [0.2, 0.25) is 9.05 Å². The summed E-state index contributed by atoms with van der Waals surface area (Å²) in [6.45, 7) is 0. The Balaban J connectivity index is 2.27.